The smallest absolute Gasteiger partial charge is 0.0830 e. The number of rotatable bonds is 6. The van der Waals surface area contributed by atoms with E-state index in [4.69, 9.17) is 21.9 Å². The lowest BCUT2D eigenvalue weighted by Gasteiger charge is -2.28. The van der Waals surface area contributed by atoms with Crippen LogP contribution in [0.4, 0.5) is 11.4 Å². The lowest BCUT2D eigenvalue weighted by atomic mass is 9.92. The van der Waals surface area contributed by atoms with Gasteiger partial charge in [0.2, 0.25) is 0 Å². The molecule has 0 aliphatic rings. The minimum absolute atomic E-state index is 0.169. The summed E-state index contributed by atoms with van der Waals surface area (Å²) >= 11 is 0. The van der Waals surface area contributed by atoms with Crippen molar-refractivity contribution in [3.05, 3.63) is 72.3 Å². The first-order valence-corrected chi connectivity index (χ1v) is 7.20. The van der Waals surface area contributed by atoms with Crippen molar-refractivity contribution in [2.45, 2.75) is 18.6 Å². The van der Waals surface area contributed by atoms with Crippen LogP contribution in [0.5, 0.6) is 0 Å². The second-order valence-corrected chi connectivity index (χ2v) is 5.50. The molecule has 0 saturated heterocycles. The fourth-order valence-corrected chi connectivity index (χ4v) is 2.30. The standard InChI is InChI=1S/C18H23N3O/c1-3-18(21,15-7-5-4-6-8-15)12-22-13(2)14-9-16(19)11-17(20)10-14/h3-11,13H,1,12,19-21H2,2H3/t13-,18-/m1/s1. The molecule has 0 aliphatic heterocycles. The van der Waals surface area contributed by atoms with Gasteiger partial charge in [-0.3, -0.25) is 0 Å². The third kappa shape index (κ3) is 3.67. The Hall–Kier alpha value is -2.30. The van der Waals surface area contributed by atoms with Crippen LogP contribution in [0.2, 0.25) is 0 Å². The number of benzene rings is 2. The van der Waals surface area contributed by atoms with Crippen molar-refractivity contribution in [2.75, 3.05) is 18.1 Å². The molecular formula is C18H23N3O. The Morgan fingerprint density at radius 2 is 1.73 bits per heavy atom. The third-order valence-corrected chi connectivity index (χ3v) is 3.72. The van der Waals surface area contributed by atoms with E-state index in [2.05, 4.69) is 6.58 Å². The lowest BCUT2D eigenvalue weighted by Crippen LogP contribution is -2.39. The topological polar surface area (TPSA) is 87.3 Å². The fourth-order valence-electron chi connectivity index (χ4n) is 2.30. The van der Waals surface area contributed by atoms with Gasteiger partial charge >= 0.3 is 0 Å². The molecule has 6 N–H and O–H groups in total. The van der Waals surface area contributed by atoms with Crippen molar-refractivity contribution in [3.63, 3.8) is 0 Å². The van der Waals surface area contributed by atoms with Gasteiger partial charge in [0.25, 0.3) is 0 Å². The zero-order valence-corrected chi connectivity index (χ0v) is 12.8. The van der Waals surface area contributed by atoms with E-state index in [0.29, 0.717) is 18.0 Å². The minimum atomic E-state index is -0.735. The lowest BCUT2D eigenvalue weighted by molar-refractivity contribution is 0.0398. The zero-order valence-electron chi connectivity index (χ0n) is 12.8. The van der Waals surface area contributed by atoms with E-state index >= 15 is 0 Å². The summed E-state index contributed by atoms with van der Waals surface area (Å²) in [5.41, 5.74) is 20.5. The molecule has 0 saturated carbocycles. The van der Waals surface area contributed by atoms with Crippen molar-refractivity contribution < 1.29 is 4.74 Å². The van der Waals surface area contributed by atoms with E-state index in [1.165, 1.54) is 0 Å². The molecule has 116 valence electrons. The van der Waals surface area contributed by atoms with E-state index in [9.17, 15) is 0 Å². The summed E-state index contributed by atoms with van der Waals surface area (Å²) in [4.78, 5) is 0. The quantitative estimate of drug-likeness (QED) is 0.565. The molecule has 0 fully saturated rings. The summed E-state index contributed by atoms with van der Waals surface area (Å²) in [5, 5.41) is 0. The SMILES string of the molecule is C=C[C@@](N)(CO[C@H](C)c1cc(N)cc(N)c1)c1ccccc1. The molecule has 0 unspecified atom stereocenters. The molecule has 2 rings (SSSR count). The average molecular weight is 297 g/mol. The van der Waals surface area contributed by atoms with Gasteiger partial charge in [0, 0.05) is 11.4 Å². The van der Waals surface area contributed by atoms with E-state index in [-0.39, 0.29) is 6.10 Å². The predicted octanol–water partition coefficient (Wildman–Crippen LogP) is 2.97. The highest BCUT2D eigenvalue weighted by atomic mass is 16.5. The van der Waals surface area contributed by atoms with Crippen molar-refractivity contribution in [1.82, 2.24) is 0 Å². The van der Waals surface area contributed by atoms with Gasteiger partial charge in [-0.1, -0.05) is 36.4 Å². The van der Waals surface area contributed by atoms with Crippen LogP contribution in [0.1, 0.15) is 24.2 Å². The highest BCUT2D eigenvalue weighted by Gasteiger charge is 2.25. The molecule has 0 bridgehead atoms. The summed E-state index contributed by atoms with van der Waals surface area (Å²) in [6, 6.07) is 15.2. The molecule has 2 aromatic rings. The molecule has 0 spiro atoms. The maximum atomic E-state index is 6.41. The zero-order chi connectivity index (χ0) is 16.2. The Morgan fingerprint density at radius 1 is 1.14 bits per heavy atom. The van der Waals surface area contributed by atoms with Crippen LogP contribution >= 0.6 is 0 Å². The van der Waals surface area contributed by atoms with E-state index in [1.54, 1.807) is 12.1 Å². The van der Waals surface area contributed by atoms with E-state index < -0.39 is 5.54 Å². The number of ether oxygens (including phenoxy) is 1. The molecule has 0 aliphatic carbocycles. The molecule has 4 nitrogen and oxygen atoms in total. The number of nitrogen functional groups attached to an aromatic ring is 2. The Bertz CT molecular complexity index is 622. The normalized spacial score (nSPS) is 15.0. The maximum absolute atomic E-state index is 6.41. The van der Waals surface area contributed by atoms with Gasteiger partial charge < -0.3 is 21.9 Å². The minimum Gasteiger partial charge on any atom is -0.399 e. The Kier molecular flexibility index (Phi) is 4.85. The fraction of sp³-hybridized carbons (Fsp3) is 0.222. The van der Waals surface area contributed by atoms with Gasteiger partial charge in [-0.2, -0.15) is 0 Å². The first kappa shape index (κ1) is 16.1. The number of hydrogen-bond acceptors (Lipinski definition) is 4. The molecule has 22 heavy (non-hydrogen) atoms. The summed E-state index contributed by atoms with van der Waals surface area (Å²) in [6.45, 7) is 6.11. The van der Waals surface area contributed by atoms with Crippen molar-refractivity contribution in [2.24, 2.45) is 5.73 Å². The van der Waals surface area contributed by atoms with Crippen molar-refractivity contribution in [3.8, 4) is 0 Å². The Morgan fingerprint density at radius 3 is 2.27 bits per heavy atom. The molecular weight excluding hydrogens is 274 g/mol. The van der Waals surface area contributed by atoms with Crippen LogP contribution in [-0.4, -0.2) is 6.61 Å². The van der Waals surface area contributed by atoms with Gasteiger partial charge in [-0.25, -0.2) is 0 Å². The van der Waals surface area contributed by atoms with E-state index in [1.807, 2.05) is 49.4 Å². The van der Waals surface area contributed by atoms with Crippen LogP contribution in [0, 0.1) is 0 Å². The first-order chi connectivity index (χ1) is 10.4. The molecule has 0 amide bonds. The van der Waals surface area contributed by atoms with Gasteiger partial charge in [0.1, 0.15) is 0 Å². The molecule has 2 aromatic carbocycles. The van der Waals surface area contributed by atoms with Gasteiger partial charge in [0.15, 0.2) is 0 Å². The van der Waals surface area contributed by atoms with Crippen LogP contribution in [0.25, 0.3) is 0 Å². The Labute approximate surface area is 131 Å². The van der Waals surface area contributed by atoms with Crippen LogP contribution in [-0.2, 0) is 10.3 Å². The summed E-state index contributed by atoms with van der Waals surface area (Å²) in [7, 11) is 0. The number of hydrogen-bond donors (Lipinski definition) is 3. The van der Waals surface area contributed by atoms with Gasteiger partial charge in [0.05, 0.1) is 18.2 Å². The summed E-state index contributed by atoms with van der Waals surface area (Å²) in [6.07, 6.45) is 1.54. The molecule has 4 heteroatoms. The predicted molar refractivity (Wildman–Crippen MR) is 92.1 cm³/mol. The molecule has 0 heterocycles. The molecule has 0 aromatic heterocycles. The van der Waals surface area contributed by atoms with Gasteiger partial charge in [-0.15, -0.1) is 6.58 Å². The van der Waals surface area contributed by atoms with Crippen molar-refractivity contribution >= 4 is 11.4 Å². The summed E-state index contributed by atoms with van der Waals surface area (Å²) in [5.74, 6) is 0. The van der Waals surface area contributed by atoms with Crippen LogP contribution < -0.4 is 17.2 Å². The van der Waals surface area contributed by atoms with Crippen LogP contribution in [0.3, 0.4) is 0 Å². The highest BCUT2D eigenvalue weighted by Crippen LogP contribution is 2.26. The maximum Gasteiger partial charge on any atom is 0.0830 e. The molecule has 2 atom stereocenters. The van der Waals surface area contributed by atoms with Gasteiger partial charge in [-0.05, 0) is 36.2 Å². The van der Waals surface area contributed by atoms with Crippen molar-refractivity contribution in [1.29, 1.82) is 0 Å². The second kappa shape index (κ2) is 6.64. The van der Waals surface area contributed by atoms with Crippen LogP contribution in [0.15, 0.2) is 61.2 Å². The largest absolute Gasteiger partial charge is 0.399 e. The highest BCUT2D eigenvalue weighted by molar-refractivity contribution is 5.54. The second-order valence-electron chi connectivity index (χ2n) is 5.50. The molecule has 0 radical (unpaired) electrons. The average Bonchev–Trinajstić information content (AvgIpc) is 2.52. The van der Waals surface area contributed by atoms with E-state index in [0.717, 1.165) is 11.1 Å². The number of nitrogens with two attached hydrogens (primary N) is 3. The third-order valence-electron chi connectivity index (χ3n) is 3.72. The summed E-state index contributed by atoms with van der Waals surface area (Å²) < 4.78 is 5.94. The monoisotopic (exact) mass is 297 g/mol. The Balaban J connectivity index is 2.11. The number of anilines is 2. The first-order valence-electron chi connectivity index (χ1n) is 7.20.